The van der Waals surface area contributed by atoms with Crippen molar-refractivity contribution in [1.29, 1.82) is 0 Å². The quantitative estimate of drug-likeness (QED) is 0.449. The number of carbonyl (C=O) groups excluding carboxylic acids is 1. The molecule has 0 aliphatic heterocycles. The van der Waals surface area contributed by atoms with E-state index in [1.807, 2.05) is 0 Å². The van der Waals surface area contributed by atoms with E-state index in [1.54, 1.807) is 0 Å². The highest BCUT2D eigenvalue weighted by atomic mass is 32.2. The minimum Gasteiger partial charge on any atom is -0.428 e. The maximum atomic E-state index is 14.4. The van der Waals surface area contributed by atoms with Crippen LogP contribution in [0.25, 0.3) is 0 Å². The van der Waals surface area contributed by atoms with Crippen LogP contribution in [0.5, 0.6) is 0 Å². The predicted octanol–water partition coefficient (Wildman–Crippen LogP) is 2.82. The fourth-order valence-electron chi connectivity index (χ4n) is 5.79. The molecule has 0 atom stereocenters. The lowest BCUT2D eigenvalue weighted by Gasteiger charge is -2.61. The van der Waals surface area contributed by atoms with Crippen LogP contribution in [0.2, 0.25) is 0 Å². The molecule has 0 saturated heterocycles. The van der Waals surface area contributed by atoms with Crippen molar-refractivity contribution < 1.29 is 40.4 Å². The SMILES string of the molecule is CC1(Cn2nc(C34CC(C3)C4)c(C(F)(F)F)c2C(=O)N=c2ccn(O)c(S(N)(=O)=O)c2)CC(F)(F)C1. The number of amides is 1. The van der Waals surface area contributed by atoms with Crippen molar-refractivity contribution in [3.63, 3.8) is 0 Å². The van der Waals surface area contributed by atoms with E-state index in [2.05, 4.69) is 10.1 Å². The average Bonchev–Trinajstić information content (AvgIpc) is 2.96. The van der Waals surface area contributed by atoms with Crippen LogP contribution in [0.4, 0.5) is 22.0 Å². The van der Waals surface area contributed by atoms with Gasteiger partial charge in [0.25, 0.3) is 15.9 Å². The van der Waals surface area contributed by atoms with E-state index in [4.69, 9.17) is 5.14 Å². The Morgan fingerprint density at radius 1 is 1.28 bits per heavy atom. The Kier molecular flexibility index (Phi) is 5.09. The minimum absolute atomic E-state index is 0.155. The summed E-state index contributed by atoms with van der Waals surface area (Å²) in [7, 11) is -4.46. The third-order valence-electron chi connectivity index (χ3n) is 7.29. The Bertz CT molecular complexity index is 1430. The van der Waals surface area contributed by atoms with E-state index in [0.717, 1.165) is 23.0 Å². The van der Waals surface area contributed by atoms with Gasteiger partial charge in [0.15, 0.2) is 5.03 Å². The van der Waals surface area contributed by atoms with Crippen LogP contribution in [0.3, 0.4) is 0 Å². The zero-order valence-corrected chi connectivity index (χ0v) is 19.7. The summed E-state index contributed by atoms with van der Waals surface area (Å²) in [6, 6.07) is 1.72. The molecule has 1 amide bonds. The lowest BCUT2D eigenvalue weighted by Crippen LogP contribution is -2.56. The molecule has 0 radical (unpaired) electrons. The zero-order valence-electron chi connectivity index (χ0n) is 18.9. The lowest BCUT2D eigenvalue weighted by molar-refractivity contribution is -0.160. The molecule has 196 valence electrons. The third-order valence-corrected chi connectivity index (χ3v) is 8.18. The number of aromatic nitrogens is 3. The molecule has 4 aliphatic rings. The Morgan fingerprint density at radius 2 is 1.89 bits per heavy atom. The molecule has 4 aliphatic carbocycles. The van der Waals surface area contributed by atoms with E-state index in [9.17, 15) is 40.4 Å². The van der Waals surface area contributed by atoms with Crippen LogP contribution in [0, 0.1) is 11.3 Å². The van der Waals surface area contributed by atoms with Crippen LogP contribution in [-0.2, 0) is 28.2 Å². The molecular formula is C21H22F5N5O4S. The van der Waals surface area contributed by atoms with Gasteiger partial charge in [-0.3, -0.25) is 9.48 Å². The molecule has 4 saturated carbocycles. The molecule has 0 unspecified atom stereocenters. The van der Waals surface area contributed by atoms with Gasteiger partial charge in [-0.25, -0.2) is 27.3 Å². The van der Waals surface area contributed by atoms with Crippen molar-refractivity contribution in [2.75, 3.05) is 0 Å². The second kappa shape index (κ2) is 7.37. The highest BCUT2D eigenvalue weighted by molar-refractivity contribution is 7.89. The fourth-order valence-corrected chi connectivity index (χ4v) is 6.39. The Labute approximate surface area is 201 Å². The van der Waals surface area contributed by atoms with Gasteiger partial charge in [0, 0.05) is 37.1 Å². The van der Waals surface area contributed by atoms with Crippen LogP contribution < -0.4 is 10.5 Å². The number of rotatable bonds is 5. The highest BCUT2D eigenvalue weighted by Crippen LogP contribution is 2.66. The van der Waals surface area contributed by atoms with Crippen molar-refractivity contribution in [3.05, 3.63) is 40.6 Å². The fraction of sp³-hybridized carbons (Fsp3) is 0.571. The first-order valence-corrected chi connectivity index (χ1v) is 12.6. The maximum Gasteiger partial charge on any atom is 0.420 e. The molecule has 2 aromatic rings. The largest absolute Gasteiger partial charge is 0.428 e. The van der Waals surface area contributed by atoms with Gasteiger partial charge in [0.2, 0.25) is 5.92 Å². The Hall–Kier alpha value is -2.81. The molecule has 2 heterocycles. The molecule has 36 heavy (non-hydrogen) atoms. The molecule has 2 bridgehead atoms. The maximum absolute atomic E-state index is 14.4. The van der Waals surface area contributed by atoms with Crippen LogP contribution in [0.15, 0.2) is 28.3 Å². The molecule has 6 rings (SSSR count). The molecule has 4 fully saturated rings. The summed E-state index contributed by atoms with van der Waals surface area (Å²) in [5.74, 6) is -4.03. The van der Waals surface area contributed by atoms with Crippen LogP contribution in [-0.4, -0.2) is 40.0 Å². The zero-order chi connectivity index (χ0) is 26.5. The summed E-state index contributed by atoms with van der Waals surface area (Å²) in [6.45, 7) is 1.14. The van der Waals surface area contributed by atoms with Crippen molar-refractivity contribution >= 4 is 15.9 Å². The molecule has 2 aromatic heterocycles. The topological polar surface area (TPSA) is 133 Å². The summed E-state index contributed by atoms with van der Waals surface area (Å²) in [5, 5.41) is 17.6. The van der Waals surface area contributed by atoms with Crippen molar-refractivity contribution in [3.8, 4) is 0 Å². The van der Waals surface area contributed by atoms with Gasteiger partial charge in [0.05, 0.1) is 11.1 Å². The second-order valence-electron chi connectivity index (χ2n) is 10.5. The summed E-state index contributed by atoms with van der Waals surface area (Å²) < 4.78 is 94.6. The summed E-state index contributed by atoms with van der Waals surface area (Å²) in [6.07, 6.45) is -3.81. The summed E-state index contributed by atoms with van der Waals surface area (Å²) >= 11 is 0. The van der Waals surface area contributed by atoms with Gasteiger partial charge in [-0.2, -0.15) is 23.0 Å². The molecule has 0 aromatic carbocycles. The van der Waals surface area contributed by atoms with Gasteiger partial charge in [0.1, 0.15) is 11.3 Å². The van der Waals surface area contributed by atoms with Gasteiger partial charge < -0.3 is 5.21 Å². The second-order valence-corrected chi connectivity index (χ2v) is 12.0. The van der Waals surface area contributed by atoms with Crippen molar-refractivity contribution in [2.24, 2.45) is 21.5 Å². The third kappa shape index (κ3) is 4.01. The van der Waals surface area contributed by atoms with E-state index in [1.165, 1.54) is 6.92 Å². The van der Waals surface area contributed by atoms with Gasteiger partial charge in [-0.1, -0.05) is 6.92 Å². The van der Waals surface area contributed by atoms with Gasteiger partial charge in [-0.05, 0) is 36.7 Å². The molecule has 9 nitrogen and oxygen atoms in total. The highest BCUT2D eigenvalue weighted by Gasteiger charge is 2.62. The standard InChI is InChI=1S/C21H22F5N5O4S/c1-18(8-20(22,23)9-18)10-30-15(14(21(24,25)26)16(29-30)19-5-11(6-19)7-19)17(32)28-12-2-3-31(33)13(4-12)36(27,34)35/h2-4,11,33H,5-10H2,1H3,(H2,27,34,35). The van der Waals surface area contributed by atoms with Crippen LogP contribution >= 0.6 is 0 Å². The van der Waals surface area contributed by atoms with Crippen molar-refractivity contribution in [1.82, 2.24) is 14.5 Å². The number of primary sulfonamides is 1. The number of nitrogens with two attached hydrogens (primary N) is 1. The first-order valence-electron chi connectivity index (χ1n) is 11.0. The Morgan fingerprint density at radius 3 is 2.36 bits per heavy atom. The lowest BCUT2D eigenvalue weighted by atomic mass is 9.43. The van der Waals surface area contributed by atoms with E-state index in [-0.39, 0.29) is 22.3 Å². The molecular weight excluding hydrogens is 513 g/mol. The minimum atomic E-state index is -4.98. The predicted molar refractivity (Wildman–Crippen MR) is 111 cm³/mol. The van der Waals surface area contributed by atoms with E-state index in [0.29, 0.717) is 25.2 Å². The van der Waals surface area contributed by atoms with Gasteiger partial charge in [-0.15, -0.1) is 0 Å². The molecule has 15 heteroatoms. The summed E-state index contributed by atoms with van der Waals surface area (Å²) in [4.78, 5) is 16.8. The smallest absolute Gasteiger partial charge is 0.420 e. The van der Waals surface area contributed by atoms with Gasteiger partial charge >= 0.3 is 6.18 Å². The van der Waals surface area contributed by atoms with Crippen molar-refractivity contribution in [2.45, 2.75) is 68.1 Å². The molecule has 0 spiro atoms. The summed E-state index contributed by atoms with van der Waals surface area (Å²) in [5.41, 5.74) is -4.31. The number of pyridine rings is 1. The number of hydrogen-bond donors (Lipinski definition) is 2. The Balaban J connectivity index is 1.65. The number of alkyl halides is 5. The monoisotopic (exact) mass is 535 g/mol. The normalized spacial score (nSPS) is 26.6. The number of carbonyl (C=O) groups is 1. The van der Waals surface area contributed by atoms with Crippen LogP contribution in [0.1, 0.15) is 60.8 Å². The number of hydrogen-bond acceptors (Lipinski definition) is 5. The first kappa shape index (κ1) is 24.9. The first-order chi connectivity index (χ1) is 16.4. The number of halogens is 5. The number of sulfonamides is 1. The molecule has 3 N–H and O–H groups in total. The van der Waals surface area contributed by atoms with E-state index < -0.39 is 68.0 Å². The number of nitrogens with zero attached hydrogens (tertiary/aromatic N) is 4. The average molecular weight is 535 g/mol. The van der Waals surface area contributed by atoms with E-state index >= 15 is 0 Å².